The van der Waals surface area contributed by atoms with Gasteiger partial charge in [-0.3, -0.25) is 0 Å². The van der Waals surface area contributed by atoms with Crippen LogP contribution in [0.5, 0.6) is 0 Å². The first-order valence-corrected chi connectivity index (χ1v) is 12.5. The fourth-order valence-corrected chi connectivity index (χ4v) is 3.35. The van der Waals surface area contributed by atoms with Crippen LogP contribution in [0.3, 0.4) is 0 Å². The molecular weight excluding hydrogens is 442 g/mol. The largest absolute Gasteiger partial charge is 1.00 e. The van der Waals surface area contributed by atoms with Gasteiger partial charge >= 0.3 is 0 Å². The first-order chi connectivity index (χ1) is 14.0. The zero-order valence-corrected chi connectivity index (χ0v) is 22.6. The Kier molecular flexibility index (Phi) is 26.0. The Morgan fingerprint density at radius 3 is 1.40 bits per heavy atom. The second kappa shape index (κ2) is 24.0. The molecule has 0 saturated carbocycles. The monoisotopic (exact) mass is 495 g/mol. The van der Waals surface area contributed by atoms with Crippen molar-refractivity contribution in [2.45, 2.75) is 103 Å². The van der Waals surface area contributed by atoms with E-state index in [4.69, 9.17) is 14.2 Å². The number of ether oxygens (including phenoxy) is 3. The highest BCUT2D eigenvalue weighted by atomic mass is 79.9. The van der Waals surface area contributed by atoms with Gasteiger partial charge in [-0.25, -0.2) is 0 Å². The van der Waals surface area contributed by atoms with Crippen LogP contribution in [0.15, 0.2) is 0 Å². The van der Waals surface area contributed by atoms with Crippen molar-refractivity contribution in [3.63, 3.8) is 0 Å². The number of quaternary nitrogens is 1. The summed E-state index contributed by atoms with van der Waals surface area (Å²) in [5, 5.41) is 0. The number of hydrogen-bond acceptors (Lipinski definition) is 3. The van der Waals surface area contributed by atoms with Crippen molar-refractivity contribution in [3.05, 3.63) is 0 Å². The zero-order chi connectivity index (χ0) is 21.6. The minimum atomic E-state index is 0. The van der Waals surface area contributed by atoms with E-state index in [0.717, 1.165) is 30.7 Å². The van der Waals surface area contributed by atoms with Crippen molar-refractivity contribution in [1.29, 1.82) is 0 Å². The molecule has 0 spiro atoms. The first kappa shape index (κ1) is 32.5. The van der Waals surface area contributed by atoms with Gasteiger partial charge in [0.15, 0.2) is 0 Å². The summed E-state index contributed by atoms with van der Waals surface area (Å²) in [7, 11) is 8.27. The molecule has 0 saturated heterocycles. The molecule has 0 aromatic rings. The summed E-state index contributed by atoms with van der Waals surface area (Å²) in [5.41, 5.74) is 0. The third-order valence-corrected chi connectivity index (χ3v) is 5.49. The van der Waals surface area contributed by atoms with E-state index in [1.165, 1.54) is 83.5 Å². The molecule has 0 bridgehead atoms. The maximum absolute atomic E-state index is 5.78. The van der Waals surface area contributed by atoms with E-state index in [9.17, 15) is 0 Å². The highest BCUT2D eigenvalue weighted by Crippen LogP contribution is 2.13. The van der Waals surface area contributed by atoms with E-state index >= 15 is 0 Å². The van der Waals surface area contributed by atoms with Gasteiger partial charge in [0.1, 0.15) is 12.6 Å². The Morgan fingerprint density at radius 2 is 1.00 bits per heavy atom. The number of methoxy groups -OCH3 is 1. The third-order valence-electron chi connectivity index (χ3n) is 5.49. The Hall–Kier alpha value is 0.320. The van der Waals surface area contributed by atoms with Crippen LogP contribution in [-0.4, -0.2) is 71.8 Å². The van der Waals surface area contributed by atoms with Crippen LogP contribution < -0.4 is 17.0 Å². The fourth-order valence-electron chi connectivity index (χ4n) is 3.35. The average Bonchev–Trinajstić information content (AvgIpc) is 2.68. The molecule has 0 aliphatic rings. The molecule has 0 aromatic heterocycles. The van der Waals surface area contributed by atoms with E-state index in [0.29, 0.717) is 13.2 Å². The van der Waals surface area contributed by atoms with Crippen molar-refractivity contribution in [3.8, 4) is 0 Å². The lowest BCUT2D eigenvalue weighted by Crippen LogP contribution is -3.00. The lowest BCUT2D eigenvalue weighted by Gasteiger charge is -2.24. The molecule has 30 heavy (non-hydrogen) atoms. The number of nitrogens with zero attached hydrogens (tertiary/aromatic N) is 1. The Morgan fingerprint density at radius 1 is 0.600 bits per heavy atom. The Balaban J connectivity index is 0. The van der Waals surface area contributed by atoms with Gasteiger partial charge in [0.25, 0.3) is 0 Å². The van der Waals surface area contributed by atoms with E-state index < -0.39 is 0 Å². The first-order valence-electron chi connectivity index (χ1n) is 12.5. The molecule has 1 atom stereocenters. The van der Waals surface area contributed by atoms with Crippen molar-refractivity contribution in [1.82, 2.24) is 0 Å². The smallest absolute Gasteiger partial charge is 0.104 e. The molecule has 0 aliphatic heterocycles. The number of hydrogen-bond donors (Lipinski definition) is 0. The summed E-state index contributed by atoms with van der Waals surface area (Å²) in [6.45, 7) is 6.17. The molecule has 4 nitrogen and oxygen atoms in total. The topological polar surface area (TPSA) is 27.7 Å². The molecule has 0 fully saturated rings. The minimum Gasteiger partial charge on any atom is -1.00 e. The molecule has 184 valence electrons. The van der Waals surface area contributed by atoms with Gasteiger partial charge in [-0.1, -0.05) is 90.4 Å². The normalized spacial score (nSPS) is 12.7. The van der Waals surface area contributed by atoms with E-state index in [-0.39, 0.29) is 23.1 Å². The summed E-state index contributed by atoms with van der Waals surface area (Å²) in [6, 6.07) is 0. The number of unbranched alkanes of at least 4 members (excludes halogenated alkanes) is 13. The van der Waals surface area contributed by atoms with E-state index in [1.54, 1.807) is 7.11 Å². The molecule has 0 aliphatic carbocycles. The number of halogens is 1. The van der Waals surface area contributed by atoms with Gasteiger partial charge < -0.3 is 35.7 Å². The maximum atomic E-state index is 5.78. The zero-order valence-electron chi connectivity index (χ0n) is 21.1. The van der Waals surface area contributed by atoms with E-state index in [2.05, 4.69) is 28.1 Å². The van der Waals surface area contributed by atoms with Crippen molar-refractivity contribution in [2.24, 2.45) is 0 Å². The maximum Gasteiger partial charge on any atom is 0.104 e. The van der Waals surface area contributed by atoms with Gasteiger partial charge in [-0.15, -0.1) is 0 Å². The Bertz CT molecular complexity index is 324. The number of likely N-dealkylation sites (N-methyl/N-ethyl adjacent to an activating group) is 1. The minimum absolute atomic E-state index is 0. The standard InChI is InChI=1S/C25H54NO3.BrH/c1-6-7-8-9-10-11-12-13-14-15-16-17-18-19-21-28-23-25(27-5)24-29-22-20-26(2,3)4;/h25H,6-24H2,1-5H3;1H/q+1;/p-1. The van der Waals surface area contributed by atoms with Crippen molar-refractivity contribution in [2.75, 3.05) is 61.2 Å². The van der Waals surface area contributed by atoms with Crippen LogP contribution >= 0.6 is 0 Å². The number of rotatable bonds is 23. The van der Waals surface area contributed by atoms with E-state index in [1.807, 2.05) is 0 Å². The van der Waals surface area contributed by atoms with Gasteiger partial charge in [-0.05, 0) is 6.42 Å². The molecule has 0 amide bonds. The predicted octanol–water partition coefficient (Wildman–Crippen LogP) is 3.23. The molecule has 1 unspecified atom stereocenters. The lowest BCUT2D eigenvalue weighted by molar-refractivity contribution is -0.870. The third kappa shape index (κ3) is 26.4. The van der Waals surface area contributed by atoms with Gasteiger partial charge in [0, 0.05) is 13.7 Å². The van der Waals surface area contributed by atoms with Crippen LogP contribution in [0.1, 0.15) is 96.8 Å². The molecule has 0 heterocycles. The molecule has 0 rings (SSSR count). The molecular formula is C25H54BrNO3. The van der Waals surface area contributed by atoms with Crippen LogP contribution in [0.25, 0.3) is 0 Å². The summed E-state index contributed by atoms with van der Waals surface area (Å²) in [4.78, 5) is 0. The Labute approximate surface area is 199 Å². The predicted molar refractivity (Wildman–Crippen MR) is 126 cm³/mol. The summed E-state index contributed by atoms with van der Waals surface area (Å²) in [5.74, 6) is 0. The molecule has 5 heteroatoms. The second-order valence-corrected chi connectivity index (χ2v) is 9.62. The van der Waals surface area contributed by atoms with Gasteiger partial charge in [0.05, 0.1) is 41.0 Å². The summed E-state index contributed by atoms with van der Waals surface area (Å²) < 4.78 is 17.9. The van der Waals surface area contributed by atoms with Crippen LogP contribution in [-0.2, 0) is 14.2 Å². The molecule has 0 N–H and O–H groups in total. The lowest BCUT2D eigenvalue weighted by atomic mass is 10.0. The fraction of sp³-hybridized carbons (Fsp3) is 1.00. The van der Waals surface area contributed by atoms with Gasteiger partial charge in [0.2, 0.25) is 0 Å². The summed E-state index contributed by atoms with van der Waals surface area (Å²) in [6.07, 6.45) is 19.5. The highest BCUT2D eigenvalue weighted by Gasteiger charge is 2.10. The van der Waals surface area contributed by atoms with Crippen molar-refractivity contribution < 1.29 is 35.7 Å². The SMILES string of the molecule is CCCCCCCCCCCCCCCCOCC(COCC[N+](C)(C)C)OC.[Br-]. The summed E-state index contributed by atoms with van der Waals surface area (Å²) >= 11 is 0. The van der Waals surface area contributed by atoms with Gasteiger partial charge in [-0.2, -0.15) is 0 Å². The average molecular weight is 497 g/mol. The van der Waals surface area contributed by atoms with Crippen LogP contribution in [0, 0.1) is 0 Å². The highest BCUT2D eigenvalue weighted by molar-refractivity contribution is 4.55. The molecule has 0 aromatic carbocycles. The quantitative estimate of drug-likeness (QED) is 0.161. The second-order valence-electron chi connectivity index (χ2n) is 9.62. The van der Waals surface area contributed by atoms with Crippen LogP contribution in [0.2, 0.25) is 0 Å². The molecule has 0 radical (unpaired) electrons. The van der Waals surface area contributed by atoms with Crippen LogP contribution in [0.4, 0.5) is 0 Å². The van der Waals surface area contributed by atoms with Crippen molar-refractivity contribution >= 4 is 0 Å².